The summed E-state index contributed by atoms with van der Waals surface area (Å²) in [6.45, 7) is 7.69. The Balaban J connectivity index is 1.34. The van der Waals surface area contributed by atoms with E-state index in [2.05, 4.69) is 75.0 Å². The van der Waals surface area contributed by atoms with Gasteiger partial charge in [-0.3, -0.25) is 0 Å². The normalized spacial score (nSPS) is 28.2. The Morgan fingerprint density at radius 2 is 1.28 bits per heavy atom. The highest BCUT2D eigenvalue weighted by molar-refractivity contribution is 6.90. The van der Waals surface area contributed by atoms with Gasteiger partial charge in [0.25, 0.3) is 0 Å². The van der Waals surface area contributed by atoms with E-state index in [0.717, 1.165) is 0 Å². The zero-order valence-corrected chi connectivity index (χ0v) is 20.9. The molecule has 0 aromatic heterocycles. The van der Waals surface area contributed by atoms with E-state index in [1.54, 1.807) is 29.2 Å². The van der Waals surface area contributed by atoms with Crippen LogP contribution in [-0.4, -0.2) is 8.07 Å². The van der Waals surface area contributed by atoms with Crippen LogP contribution in [0.4, 0.5) is 0 Å². The number of benzene rings is 1. The van der Waals surface area contributed by atoms with E-state index in [1.165, 1.54) is 80.3 Å². The fourth-order valence-corrected chi connectivity index (χ4v) is 11.5. The first-order valence-electron chi connectivity index (χ1n) is 12.6. The van der Waals surface area contributed by atoms with Gasteiger partial charge in [0.1, 0.15) is 0 Å². The topological polar surface area (TPSA) is 0 Å². The summed E-state index contributed by atoms with van der Waals surface area (Å²) in [5, 5.41) is 0. The summed E-state index contributed by atoms with van der Waals surface area (Å²) >= 11 is 0. The summed E-state index contributed by atoms with van der Waals surface area (Å²) in [6, 6.07) is 10.9. The number of allylic oxidation sites excluding steroid dienone is 4. The molecule has 0 saturated heterocycles. The first-order valence-corrected chi connectivity index (χ1v) is 15.6. The van der Waals surface area contributed by atoms with Crippen LogP contribution in [0.2, 0.25) is 13.1 Å². The van der Waals surface area contributed by atoms with Gasteiger partial charge < -0.3 is 0 Å². The second-order valence-electron chi connectivity index (χ2n) is 10.7. The third kappa shape index (κ3) is 3.28. The van der Waals surface area contributed by atoms with Gasteiger partial charge in [0, 0.05) is 11.8 Å². The molecule has 0 aliphatic heterocycles. The van der Waals surface area contributed by atoms with E-state index in [4.69, 9.17) is 0 Å². The minimum absolute atomic E-state index is 1.32. The summed E-state index contributed by atoms with van der Waals surface area (Å²) < 4.78 is 0. The van der Waals surface area contributed by atoms with Crippen molar-refractivity contribution in [3.05, 3.63) is 113 Å². The van der Waals surface area contributed by atoms with Crippen molar-refractivity contribution < 1.29 is 0 Å². The maximum Gasteiger partial charge on any atom is 0.0638 e. The van der Waals surface area contributed by atoms with Gasteiger partial charge in [-0.25, -0.2) is 0 Å². The van der Waals surface area contributed by atoms with Crippen molar-refractivity contribution in [3.8, 4) is 0 Å². The molecule has 4 saturated carbocycles. The van der Waals surface area contributed by atoms with Crippen molar-refractivity contribution in [1.29, 1.82) is 0 Å². The molecule has 5 aliphatic rings. The predicted octanol–water partition coefficient (Wildman–Crippen LogP) is 8.00. The predicted molar refractivity (Wildman–Crippen MR) is 137 cm³/mol. The number of fused-ring (bicyclic) bond motifs is 4. The van der Waals surface area contributed by atoms with Gasteiger partial charge in [-0.05, 0) is 83.9 Å². The van der Waals surface area contributed by atoms with Gasteiger partial charge in [-0.1, -0.05) is 94.3 Å². The van der Waals surface area contributed by atoms with Crippen LogP contribution in [0.5, 0.6) is 0 Å². The first-order chi connectivity index (χ1) is 15.6. The van der Waals surface area contributed by atoms with Gasteiger partial charge in [0.05, 0.1) is 8.07 Å². The zero-order chi connectivity index (χ0) is 21.9. The van der Waals surface area contributed by atoms with Crippen molar-refractivity contribution >= 4 is 13.6 Å². The molecule has 162 valence electrons. The van der Waals surface area contributed by atoms with E-state index >= 15 is 0 Å². The minimum atomic E-state index is -1.84. The maximum atomic E-state index is 2.66. The molecule has 0 spiro atoms. The molecule has 1 heteroatoms. The molecule has 32 heavy (non-hydrogen) atoms. The third-order valence-electron chi connectivity index (χ3n) is 8.37. The van der Waals surface area contributed by atoms with E-state index in [1.807, 2.05) is 5.54 Å². The van der Waals surface area contributed by atoms with Crippen LogP contribution in [0.1, 0.15) is 63.9 Å². The Kier molecular flexibility index (Phi) is 5.56. The molecule has 0 bridgehead atoms. The monoisotopic (exact) mass is 434 g/mol. The lowest BCUT2D eigenvalue weighted by Gasteiger charge is -2.46. The molecule has 10 radical (unpaired) electrons. The van der Waals surface area contributed by atoms with Crippen LogP contribution in [0.15, 0.2) is 48.6 Å². The van der Waals surface area contributed by atoms with Crippen LogP contribution in [-0.2, 0) is 0 Å². The molecular weight excluding hydrogens is 400 g/mol. The van der Waals surface area contributed by atoms with E-state index in [-0.39, 0.29) is 0 Å². The van der Waals surface area contributed by atoms with Crippen molar-refractivity contribution in [3.63, 3.8) is 0 Å². The number of rotatable bonds is 3. The van der Waals surface area contributed by atoms with E-state index in [9.17, 15) is 0 Å². The van der Waals surface area contributed by atoms with Gasteiger partial charge in [0.15, 0.2) is 0 Å². The van der Waals surface area contributed by atoms with Crippen LogP contribution >= 0.6 is 0 Å². The lowest BCUT2D eigenvalue weighted by Crippen LogP contribution is -2.49. The molecule has 0 unspecified atom stereocenters. The number of hydrogen-bond acceptors (Lipinski definition) is 0. The van der Waals surface area contributed by atoms with Crippen molar-refractivity contribution in [2.24, 2.45) is 0 Å². The molecule has 0 atom stereocenters. The lowest BCUT2D eigenvalue weighted by molar-refractivity contribution is 0.548. The Morgan fingerprint density at radius 3 is 1.91 bits per heavy atom. The Morgan fingerprint density at radius 1 is 0.688 bits per heavy atom. The summed E-state index contributed by atoms with van der Waals surface area (Å²) in [5.41, 5.74) is 6.26. The quantitative estimate of drug-likeness (QED) is 0.423. The minimum Gasteiger partial charge on any atom is -0.0761 e. The zero-order valence-electron chi connectivity index (χ0n) is 19.9. The largest absolute Gasteiger partial charge is 0.0761 e. The smallest absolute Gasteiger partial charge is 0.0638 e. The van der Waals surface area contributed by atoms with Crippen molar-refractivity contribution in [2.75, 3.05) is 0 Å². The van der Waals surface area contributed by atoms with Crippen molar-refractivity contribution in [2.45, 2.75) is 71.4 Å². The van der Waals surface area contributed by atoms with Gasteiger partial charge in [0.2, 0.25) is 0 Å². The Hall–Kier alpha value is -1.08. The van der Waals surface area contributed by atoms with E-state index < -0.39 is 8.07 Å². The molecule has 4 fully saturated rings. The van der Waals surface area contributed by atoms with Crippen LogP contribution in [0.3, 0.4) is 0 Å². The third-order valence-corrected chi connectivity index (χ3v) is 12.1. The molecule has 0 nitrogen and oxygen atoms in total. The second kappa shape index (κ2) is 8.29. The van der Waals surface area contributed by atoms with Crippen LogP contribution in [0, 0.1) is 58.9 Å². The average molecular weight is 435 g/mol. The molecular formula is C31H34Si. The average Bonchev–Trinajstić information content (AvgIpc) is 3.34. The Bertz CT molecular complexity index is 857. The summed E-state index contributed by atoms with van der Waals surface area (Å²) in [7, 11) is -1.84. The summed E-state index contributed by atoms with van der Waals surface area (Å²) in [6.07, 6.45) is 20.3. The van der Waals surface area contributed by atoms with Gasteiger partial charge in [-0.2, -0.15) is 0 Å². The SMILES string of the molecule is C[C]1[CH][C]2[C](C=CC=C2c2ccccc2)[C]1[Si](C)(C)[C]1[C]2CCCC[C]2[C]2CCCC[C]21. The summed E-state index contributed by atoms with van der Waals surface area (Å²) in [5.74, 6) is 11.6. The van der Waals surface area contributed by atoms with Crippen LogP contribution < -0.4 is 0 Å². The van der Waals surface area contributed by atoms with Crippen molar-refractivity contribution in [1.82, 2.24) is 0 Å². The second-order valence-corrected chi connectivity index (χ2v) is 14.9. The fraction of sp³-hybridized carbons (Fsp3) is 0.355. The van der Waals surface area contributed by atoms with E-state index in [0.29, 0.717) is 0 Å². The molecule has 5 aliphatic carbocycles. The van der Waals surface area contributed by atoms with Gasteiger partial charge in [-0.15, -0.1) is 0 Å². The molecule has 0 N–H and O–H groups in total. The molecule has 0 amide bonds. The first kappa shape index (κ1) is 21.5. The maximum absolute atomic E-state index is 2.66. The molecule has 0 heterocycles. The van der Waals surface area contributed by atoms with Gasteiger partial charge >= 0.3 is 0 Å². The Labute approximate surface area is 198 Å². The summed E-state index contributed by atoms with van der Waals surface area (Å²) in [4.78, 5) is 0. The fourth-order valence-electron chi connectivity index (χ4n) is 7.23. The molecule has 6 rings (SSSR count). The highest BCUT2D eigenvalue weighted by Crippen LogP contribution is 2.68. The molecule has 1 aromatic carbocycles. The van der Waals surface area contributed by atoms with Crippen LogP contribution in [0.25, 0.3) is 5.57 Å². The number of hydrogen-bond donors (Lipinski definition) is 0. The molecule has 1 aromatic rings. The standard InChI is InChI=1S/C31H34Si/c1-21-20-29-23(22-12-5-4-6-13-22)18-11-19-28(29)30(21)32(2,3)31-26-16-9-7-14-24(26)25-15-8-10-17-27(25)31/h4-6,11-13,18-20H,7-10,14-17H2,1-3H3. The highest BCUT2D eigenvalue weighted by atomic mass is 28.3. The highest BCUT2D eigenvalue weighted by Gasteiger charge is 2.62. The lowest BCUT2D eigenvalue weighted by atomic mass is 9.73.